The van der Waals surface area contributed by atoms with Crippen molar-refractivity contribution in [2.45, 2.75) is 19.4 Å². The number of amides is 1. The molecule has 1 saturated heterocycles. The summed E-state index contributed by atoms with van der Waals surface area (Å²) in [5.41, 5.74) is 0. The molecule has 1 amide bonds. The Morgan fingerprint density at radius 2 is 2.44 bits per heavy atom. The number of carbonyl (C=O) groups excluding carboxylic acids is 1. The second-order valence-corrected chi connectivity index (χ2v) is 4.30. The Morgan fingerprint density at radius 3 is 3.06 bits per heavy atom. The van der Waals surface area contributed by atoms with Crippen LogP contribution in [0.4, 0.5) is 5.82 Å². The van der Waals surface area contributed by atoms with Gasteiger partial charge in [0.15, 0.2) is 0 Å². The fraction of sp³-hybridized carbons (Fsp3) is 0.455. The van der Waals surface area contributed by atoms with E-state index < -0.39 is 0 Å². The third-order valence-electron chi connectivity index (χ3n) is 2.54. The highest BCUT2D eigenvalue weighted by atomic mass is 35.5. The molecule has 1 aliphatic heterocycles. The number of anilines is 1. The third-order valence-corrected chi connectivity index (χ3v) is 2.75. The highest BCUT2D eigenvalue weighted by Gasteiger charge is 2.28. The first kappa shape index (κ1) is 11.4. The van der Waals surface area contributed by atoms with Crippen LogP contribution in [-0.2, 0) is 9.53 Å². The van der Waals surface area contributed by atoms with Crippen molar-refractivity contribution in [2.75, 3.05) is 11.9 Å². The van der Waals surface area contributed by atoms with Gasteiger partial charge in [0.2, 0.25) is 5.91 Å². The third kappa shape index (κ3) is 2.71. The zero-order chi connectivity index (χ0) is 11.5. The summed E-state index contributed by atoms with van der Waals surface area (Å²) in [7, 11) is 0. The lowest BCUT2D eigenvalue weighted by atomic mass is 10.1. The summed E-state index contributed by atoms with van der Waals surface area (Å²) >= 11 is 5.72. The number of ether oxygens (including phenoxy) is 1. The molecule has 5 heteroatoms. The quantitative estimate of drug-likeness (QED) is 0.806. The Bertz CT molecular complexity index is 397. The van der Waals surface area contributed by atoms with Gasteiger partial charge in [-0.3, -0.25) is 4.79 Å². The van der Waals surface area contributed by atoms with E-state index in [1.54, 1.807) is 18.2 Å². The minimum absolute atomic E-state index is 0.0564. The number of nitrogens with zero attached hydrogens (tertiary/aromatic N) is 1. The second-order valence-electron chi connectivity index (χ2n) is 3.91. The van der Waals surface area contributed by atoms with E-state index in [4.69, 9.17) is 16.3 Å². The first-order valence-corrected chi connectivity index (χ1v) is 5.58. The molecule has 86 valence electrons. The van der Waals surface area contributed by atoms with Crippen LogP contribution in [0.5, 0.6) is 0 Å². The van der Waals surface area contributed by atoms with Gasteiger partial charge in [-0.1, -0.05) is 17.7 Å². The second kappa shape index (κ2) is 4.80. The van der Waals surface area contributed by atoms with Gasteiger partial charge in [-0.25, -0.2) is 4.98 Å². The van der Waals surface area contributed by atoms with Gasteiger partial charge in [-0.15, -0.1) is 0 Å². The van der Waals surface area contributed by atoms with Crippen LogP contribution >= 0.6 is 11.6 Å². The van der Waals surface area contributed by atoms with Gasteiger partial charge < -0.3 is 10.1 Å². The standard InChI is InChI=1S/C11H13ClN2O2/c1-7-5-8(6-16-7)11(15)14-10-4-2-3-9(12)13-10/h2-4,7-8H,5-6H2,1H3,(H,13,14,15). The number of hydrogen-bond acceptors (Lipinski definition) is 3. The maximum absolute atomic E-state index is 11.8. The number of aromatic nitrogens is 1. The molecule has 1 aromatic heterocycles. The van der Waals surface area contributed by atoms with E-state index in [0.717, 1.165) is 6.42 Å². The summed E-state index contributed by atoms with van der Waals surface area (Å²) in [6.07, 6.45) is 0.912. The van der Waals surface area contributed by atoms with Crippen molar-refractivity contribution in [2.24, 2.45) is 5.92 Å². The lowest BCUT2D eigenvalue weighted by molar-refractivity contribution is -0.119. The molecule has 0 aromatic carbocycles. The van der Waals surface area contributed by atoms with Crippen LogP contribution in [0, 0.1) is 5.92 Å². The molecular formula is C11H13ClN2O2. The summed E-state index contributed by atoms with van der Waals surface area (Å²) in [4.78, 5) is 15.8. The zero-order valence-electron chi connectivity index (χ0n) is 8.94. The van der Waals surface area contributed by atoms with Crippen LogP contribution in [0.2, 0.25) is 5.15 Å². The number of hydrogen-bond donors (Lipinski definition) is 1. The van der Waals surface area contributed by atoms with Crippen molar-refractivity contribution in [1.82, 2.24) is 4.98 Å². The van der Waals surface area contributed by atoms with Crippen molar-refractivity contribution in [1.29, 1.82) is 0 Å². The fourth-order valence-corrected chi connectivity index (χ4v) is 1.87. The Morgan fingerprint density at radius 1 is 1.62 bits per heavy atom. The highest BCUT2D eigenvalue weighted by molar-refractivity contribution is 6.29. The molecule has 0 radical (unpaired) electrons. The van der Waals surface area contributed by atoms with Crippen LogP contribution in [-0.4, -0.2) is 23.6 Å². The molecule has 0 spiro atoms. The monoisotopic (exact) mass is 240 g/mol. The molecule has 1 aliphatic rings. The molecule has 2 rings (SSSR count). The molecule has 1 fully saturated rings. The molecule has 0 bridgehead atoms. The number of carbonyl (C=O) groups is 1. The van der Waals surface area contributed by atoms with Crippen LogP contribution in [0.25, 0.3) is 0 Å². The predicted molar refractivity (Wildman–Crippen MR) is 61.4 cm³/mol. The zero-order valence-corrected chi connectivity index (χ0v) is 9.70. The topological polar surface area (TPSA) is 51.2 Å². The van der Waals surface area contributed by atoms with Gasteiger partial charge in [0.25, 0.3) is 0 Å². The van der Waals surface area contributed by atoms with Gasteiger partial charge in [-0.05, 0) is 25.5 Å². The lowest BCUT2D eigenvalue weighted by Gasteiger charge is -2.08. The molecule has 0 aliphatic carbocycles. The Kier molecular flexibility index (Phi) is 3.41. The SMILES string of the molecule is CC1CC(C(=O)Nc2cccc(Cl)n2)CO1. The van der Waals surface area contributed by atoms with Crippen molar-refractivity contribution < 1.29 is 9.53 Å². The normalized spacial score (nSPS) is 24.4. The fourth-order valence-electron chi connectivity index (χ4n) is 1.71. The molecule has 1 N–H and O–H groups in total. The molecule has 2 atom stereocenters. The van der Waals surface area contributed by atoms with E-state index in [0.29, 0.717) is 17.6 Å². The van der Waals surface area contributed by atoms with E-state index in [9.17, 15) is 4.79 Å². The van der Waals surface area contributed by atoms with Crippen LogP contribution < -0.4 is 5.32 Å². The van der Waals surface area contributed by atoms with E-state index in [1.165, 1.54) is 0 Å². The van der Waals surface area contributed by atoms with Crippen LogP contribution in [0.1, 0.15) is 13.3 Å². The van der Waals surface area contributed by atoms with Crippen molar-refractivity contribution in [3.8, 4) is 0 Å². The lowest BCUT2D eigenvalue weighted by Crippen LogP contribution is -2.23. The average molecular weight is 241 g/mol. The molecule has 2 unspecified atom stereocenters. The van der Waals surface area contributed by atoms with Gasteiger partial charge in [0.05, 0.1) is 18.6 Å². The predicted octanol–water partition coefficient (Wildman–Crippen LogP) is 2.10. The minimum Gasteiger partial charge on any atom is -0.378 e. The van der Waals surface area contributed by atoms with Crippen LogP contribution in [0.3, 0.4) is 0 Å². The first-order valence-electron chi connectivity index (χ1n) is 5.20. The summed E-state index contributed by atoms with van der Waals surface area (Å²) in [5, 5.41) is 3.10. The highest BCUT2D eigenvalue weighted by Crippen LogP contribution is 2.20. The maximum Gasteiger partial charge on any atom is 0.231 e. The van der Waals surface area contributed by atoms with Gasteiger partial charge in [-0.2, -0.15) is 0 Å². The van der Waals surface area contributed by atoms with Crippen molar-refractivity contribution in [3.63, 3.8) is 0 Å². The van der Waals surface area contributed by atoms with E-state index >= 15 is 0 Å². The number of rotatable bonds is 2. The molecule has 4 nitrogen and oxygen atoms in total. The Balaban J connectivity index is 1.97. The van der Waals surface area contributed by atoms with Crippen LogP contribution in [0.15, 0.2) is 18.2 Å². The molecule has 0 saturated carbocycles. The van der Waals surface area contributed by atoms with E-state index in [-0.39, 0.29) is 17.9 Å². The Labute approximate surface area is 99.0 Å². The summed E-state index contributed by atoms with van der Waals surface area (Å²) in [5.74, 6) is 0.340. The minimum atomic E-state index is -0.0872. The van der Waals surface area contributed by atoms with Gasteiger partial charge >= 0.3 is 0 Å². The molecule has 1 aromatic rings. The number of halogens is 1. The smallest absolute Gasteiger partial charge is 0.231 e. The largest absolute Gasteiger partial charge is 0.378 e. The van der Waals surface area contributed by atoms with Gasteiger partial charge in [0, 0.05) is 0 Å². The molecular weight excluding hydrogens is 228 g/mol. The van der Waals surface area contributed by atoms with Gasteiger partial charge in [0.1, 0.15) is 11.0 Å². The maximum atomic E-state index is 11.8. The van der Waals surface area contributed by atoms with Crippen molar-refractivity contribution in [3.05, 3.63) is 23.4 Å². The van der Waals surface area contributed by atoms with E-state index in [2.05, 4.69) is 10.3 Å². The molecule has 16 heavy (non-hydrogen) atoms. The Hall–Kier alpha value is -1.13. The molecule has 2 heterocycles. The first-order chi connectivity index (χ1) is 7.65. The number of pyridine rings is 1. The number of nitrogens with one attached hydrogen (secondary N) is 1. The van der Waals surface area contributed by atoms with Crippen molar-refractivity contribution >= 4 is 23.3 Å². The summed E-state index contributed by atoms with van der Waals surface area (Å²) in [6, 6.07) is 5.12. The average Bonchev–Trinajstić information content (AvgIpc) is 2.65. The summed E-state index contributed by atoms with van der Waals surface area (Å²) < 4.78 is 5.34. The summed E-state index contributed by atoms with van der Waals surface area (Å²) in [6.45, 7) is 2.44. The van der Waals surface area contributed by atoms with E-state index in [1.807, 2.05) is 6.92 Å².